The Labute approximate surface area is 117 Å². The highest BCUT2D eigenvalue weighted by Gasteiger charge is 2.17. The zero-order valence-electron chi connectivity index (χ0n) is 10.9. The van der Waals surface area contributed by atoms with Crippen LogP contribution in [0.4, 0.5) is 11.4 Å². The first kappa shape index (κ1) is 14.1. The van der Waals surface area contributed by atoms with Crippen molar-refractivity contribution >= 4 is 27.0 Å². The fourth-order valence-electron chi connectivity index (χ4n) is 1.69. The lowest BCUT2D eigenvalue weighted by Gasteiger charge is -2.05. The molecule has 20 heavy (non-hydrogen) atoms. The molecule has 4 N–H and O–H groups in total. The molecule has 2 aromatic rings. The Morgan fingerprint density at radius 1 is 0.950 bits per heavy atom. The van der Waals surface area contributed by atoms with E-state index in [2.05, 4.69) is 4.99 Å². The zero-order valence-corrected chi connectivity index (χ0v) is 11.8. The van der Waals surface area contributed by atoms with Gasteiger partial charge in [-0.15, -0.1) is 0 Å². The van der Waals surface area contributed by atoms with Gasteiger partial charge in [0, 0.05) is 5.69 Å². The van der Waals surface area contributed by atoms with Gasteiger partial charge in [-0.25, -0.2) is 13.4 Å². The number of nitrogen functional groups attached to an aromatic ring is 1. The lowest BCUT2D eigenvalue weighted by Crippen LogP contribution is -2.04. The highest BCUT2D eigenvalue weighted by molar-refractivity contribution is 7.91. The van der Waals surface area contributed by atoms with E-state index >= 15 is 0 Å². The molecule has 0 atom stereocenters. The summed E-state index contributed by atoms with van der Waals surface area (Å²) < 4.78 is 24.8. The van der Waals surface area contributed by atoms with Gasteiger partial charge in [0.15, 0.2) is 0 Å². The molecular weight excluding hydrogens is 274 g/mol. The monoisotopic (exact) mass is 289 g/mol. The molecule has 0 aliphatic rings. The largest absolute Gasteiger partial charge is 0.399 e. The molecule has 5 nitrogen and oxygen atoms in total. The summed E-state index contributed by atoms with van der Waals surface area (Å²) in [6.45, 7) is 1.67. The Hall–Kier alpha value is -2.34. The van der Waals surface area contributed by atoms with Crippen LogP contribution in [0.3, 0.4) is 0 Å². The highest BCUT2D eigenvalue weighted by atomic mass is 32.2. The van der Waals surface area contributed by atoms with Gasteiger partial charge >= 0.3 is 0 Å². The number of aliphatic imine (C=N–C) groups is 1. The normalized spacial score (nSPS) is 12.3. The van der Waals surface area contributed by atoms with Crippen LogP contribution in [0.25, 0.3) is 0 Å². The average Bonchev–Trinajstić information content (AvgIpc) is 2.39. The maximum absolute atomic E-state index is 12.4. The van der Waals surface area contributed by atoms with Crippen molar-refractivity contribution in [3.63, 3.8) is 0 Å². The van der Waals surface area contributed by atoms with E-state index in [1.165, 1.54) is 24.3 Å². The van der Waals surface area contributed by atoms with Crippen LogP contribution in [0.1, 0.15) is 6.92 Å². The predicted molar refractivity (Wildman–Crippen MR) is 79.7 cm³/mol. The summed E-state index contributed by atoms with van der Waals surface area (Å²) in [6.07, 6.45) is 0. The molecular formula is C14H15N3O2S. The van der Waals surface area contributed by atoms with Gasteiger partial charge in [-0.2, -0.15) is 0 Å². The number of anilines is 1. The van der Waals surface area contributed by atoms with Gasteiger partial charge in [-0.3, -0.25) is 0 Å². The van der Waals surface area contributed by atoms with Crippen molar-refractivity contribution in [2.75, 3.05) is 5.73 Å². The molecule has 0 heterocycles. The van der Waals surface area contributed by atoms with Crippen LogP contribution in [0.15, 0.2) is 63.3 Å². The predicted octanol–water partition coefficient (Wildman–Crippen LogP) is 2.11. The number of hydrogen-bond acceptors (Lipinski definition) is 4. The minimum Gasteiger partial charge on any atom is -0.399 e. The van der Waals surface area contributed by atoms with Crippen LogP contribution in [0, 0.1) is 0 Å². The third kappa shape index (κ3) is 2.97. The first-order valence-corrected chi connectivity index (χ1v) is 7.39. The molecule has 0 amide bonds. The number of nitrogens with two attached hydrogens (primary N) is 2. The van der Waals surface area contributed by atoms with Crippen molar-refractivity contribution in [2.24, 2.45) is 10.7 Å². The fraction of sp³-hybridized carbons (Fsp3) is 0.0714. The maximum Gasteiger partial charge on any atom is 0.206 e. The van der Waals surface area contributed by atoms with E-state index in [0.717, 1.165) is 0 Å². The molecule has 0 spiro atoms. The molecule has 0 saturated heterocycles. The maximum atomic E-state index is 12.4. The third-order valence-electron chi connectivity index (χ3n) is 2.64. The molecule has 0 saturated carbocycles. The van der Waals surface area contributed by atoms with E-state index in [-0.39, 0.29) is 9.79 Å². The van der Waals surface area contributed by atoms with Crippen molar-refractivity contribution < 1.29 is 8.42 Å². The van der Waals surface area contributed by atoms with Gasteiger partial charge in [0.05, 0.1) is 21.3 Å². The summed E-state index contributed by atoms with van der Waals surface area (Å²) in [7, 11) is -3.54. The number of benzene rings is 2. The van der Waals surface area contributed by atoms with Crippen molar-refractivity contribution in [3.8, 4) is 0 Å². The molecule has 0 unspecified atom stereocenters. The van der Waals surface area contributed by atoms with Gasteiger partial charge in [0.1, 0.15) is 0 Å². The SMILES string of the molecule is CC(N)=Nc1ccc(S(=O)(=O)c2ccc(N)cc2)cc1. The molecule has 2 aromatic carbocycles. The van der Waals surface area contributed by atoms with E-state index < -0.39 is 9.84 Å². The molecule has 6 heteroatoms. The highest BCUT2D eigenvalue weighted by Crippen LogP contribution is 2.23. The van der Waals surface area contributed by atoms with Crippen molar-refractivity contribution in [1.82, 2.24) is 0 Å². The minimum absolute atomic E-state index is 0.205. The molecule has 0 fully saturated rings. The zero-order chi connectivity index (χ0) is 14.8. The molecule has 0 aliphatic heterocycles. The summed E-state index contributed by atoms with van der Waals surface area (Å²) in [5, 5.41) is 0. The summed E-state index contributed by atoms with van der Waals surface area (Å²) in [6, 6.07) is 12.3. The lowest BCUT2D eigenvalue weighted by molar-refractivity contribution is 0.596. The second-order valence-electron chi connectivity index (χ2n) is 4.32. The Morgan fingerprint density at radius 3 is 1.85 bits per heavy atom. The lowest BCUT2D eigenvalue weighted by atomic mass is 10.3. The Balaban J connectivity index is 2.40. The average molecular weight is 289 g/mol. The third-order valence-corrected chi connectivity index (χ3v) is 4.43. The summed E-state index contributed by atoms with van der Waals surface area (Å²) in [5.41, 5.74) is 12.2. The molecule has 0 radical (unpaired) electrons. The number of sulfone groups is 1. The molecule has 0 aliphatic carbocycles. The summed E-state index contributed by atoms with van der Waals surface area (Å²) >= 11 is 0. The van der Waals surface area contributed by atoms with Gasteiger partial charge in [0.25, 0.3) is 0 Å². The number of hydrogen-bond donors (Lipinski definition) is 2. The van der Waals surface area contributed by atoms with Crippen molar-refractivity contribution in [3.05, 3.63) is 48.5 Å². The van der Waals surface area contributed by atoms with Gasteiger partial charge in [-0.1, -0.05) is 0 Å². The summed E-state index contributed by atoms with van der Waals surface area (Å²) in [5.74, 6) is 0.416. The molecule has 0 aromatic heterocycles. The van der Waals surface area contributed by atoms with Gasteiger partial charge < -0.3 is 11.5 Å². The Kier molecular flexibility index (Phi) is 3.76. The van der Waals surface area contributed by atoms with Crippen molar-refractivity contribution in [1.29, 1.82) is 0 Å². The molecule has 104 valence electrons. The van der Waals surface area contributed by atoms with Crippen LogP contribution in [-0.4, -0.2) is 14.3 Å². The minimum atomic E-state index is -3.54. The summed E-state index contributed by atoms with van der Waals surface area (Å²) in [4.78, 5) is 4.46. The fourth-order valence-corrected chi connectivity index (χ4v) is 2.95. The van der Waals surface area contributed by atoms with Gasteiger partial charge in [-0.05, 0) is 55.5 Å². The quantitative estimate of drug-likeness (QED) is 0.513. The van der Waals surface area contributed by atoms with E-state index in [4.69, 9.17) is 11.5 Å². The number of rotatable bonds is 3. The first-order chi connectivity index (χ1) is 9.39. The van der Waals surface area contributed by atoms with E-state index in [1.807, 2.05) is 0 Å². The standard InChI is InChI=1S/C14H15N3O2S/c1-10(15)17-12-4-8-14(9-5-12)20(18,19)13-6-2-11(16)3-7-13/h2-9H,16H2,1H3,(H2,15,17). The molecule has 2 rings (SSSR count). The van der Waals surface area contributed by atoms with Crippen LogP contribution in [-0.2, 0) is 9.84 Å². The van der Waals surface area contributed by atoms with Crippen molar-refractivity contribution in [2.45, 2.75) is 16.7 Å². The topological polar surface area (TPSA) is 98.5 Å². The number of amidine groups is 1. The molecule has 0 bridgehead atoms. The van der Waals surface area contributed by atoms with E-state index in [9.17, 15) is 8.42 Å². The van der Waals surface area contributed by atoms with Crippen LogP contribution >= 0.6 is 0 Å². The second-order valence-corrected chi connectivity index (χ2v) is 6.27. The van der Waals surface area contributed by atoms with Gasteiger partial charge in [0.2, 0.25) is 9.84 Å². The Morgan fingerprint density at radius 2 is 1.40 bits per heavy atom. The van der Waals surface area contributed by atoms with Crippen LogP contribution < -0.4 is 11.5 Å². The van der Waals surface area contributed by atoms with Crippen LogP contribution in [0.5, 0.6) is 0 Å². The second kappa shape index (κ2) is 5.34. The Bertz CT molecular complexity index is 729. The van der Waals surface area contributed by atoms with E-state index in [1.54, 1.807) is 31.2 Å². The number of nitrogens with zero attached hydrogens (tertiary/aromatic N) is 1. The van der Waals surface area contributed by atoms with E-state index in [0.29, 0.717) is 17.2 Å². The van der Waals surface area contributed by atoms with Crippen LogP contribution in [0.2, 0.25) is 0 Å². The smallest absolute Gasteiger partial charge is 0.206 e. The first-order valence-electron chi connectivity index (χ1n) is 5.91.